The molecule has 0 aromatic carbocycles. The number of aliphatic hydroxyl groups is 2. The highest BCUT2D eigenvalue weighted by Crippen LogP contribution is 2.45. The van der Waals surface area contributed by atoms with Crippen molar-refractivity contribution in [3.63, 3.8) is 0 Å². The predicted molar refractivity (Wildman–Crippen MR) is 380 cm³/mol. The van der Waals surface area contributed by atoms with Crippen molar-refractivity contribution in [2.75, 3.05) is 39.6 Å². The zero-order chi connectivity index (χ0) is 68.1. The topological polar surface area (TPSA) is 231 Å². The Morgan fingerprint density at radius 3 is 0.935 bits per heavy atom. The van der Waals surface area contributed by atoms with Crippen LogP contribution in [0.4, 0.5) is 0 Å². The van der Waals surface area contributed by atoms with Gasteiger partial charge in [-0.1, -0.05) is 237 Å². The molecule has 0 heterocycles. The number of hydrogen-bond acceptors (Lipinski definition) is 14. The normalized spacial score (nSPS) is 15.0. The van der Waals surface area contributed by atoms with Crippen molar-refractivity contribution in [3.8, 4) is 0 Å². The third kappa shape index (κ3) is 68.6. The van der Waals surface area contributed by atoms with Gasteiger partial charge in [0.15, 0.2) is 6.10 Å². The van der Waals surface area contributed by atoms with E-state index in [1.165, 1.54) is 44.9 Å². The van der Waals surface area contributed by atoms with Crippen LogP contribution in [0.3, 0.4) is 0 Å². The van der Waals surface area contributed by atoms with Crippen LogP contribution in [0.2, 0.25) is 0 Å². The molecular weight excluding hydrogens is 1220 g/mol. The summed E-state index contributed by atoms with van der Waals surface area (Å²) in [6, 6.07) is 0. The molecule has 4 N–H and O–H groups in total. The highest BCUT2D eigenvalue weighted by molar-refractivity contribution is 7.47. The number of carbonyl (C=O) groups excluding carboxylic acids is 3. The molecule has 0 bridgehead atoms. The van der Waals surface area contributed by atoms with E-state index < -0.39 is 91.5 Å². The van der Waals surface area contributed by atoms with E-state index in [0.29, 0.717) is 25.7 Å². The number of phosphoric ester groups is 2. The lowest BCUT2D eigenvalue weighted by atomic mass is 10.1. The molecule has 0 saturated carbocycles. The Kier molecular flexibility index (Phi) is 64.1. The predicted octanol–water partition coefficient (Wildman–Crippen LogP) is 19.8. The minimum atomic E-state index is -4.95. The smallest absolute Gasteiger partial charge is 0.463 e. The Balaban J connectivity index is 4.77. The first-order chi connectivity index (χ1) is 45.2. The number of carbonyl (C=O) groups is 3. The summed E-state index contributed by atoms with van der Waals surface area (Å²) in [6.45, 7) is 2.37. The van der Waals surface area contributed by atoms with Crippen LogP contribution in [0.1, 0.15) is 252 Å². The second-order valence-electron chi connectivity index (χ2n) is 22.9. The summed E-state index contributed by atoms with van der Waals surface area (Å²) in [4.78, 5) is 58.4. The molecule has 16 nitrogen and oxygen atoms in total. The Morgan fingerprint density at radius 1 is 0.312 bits per heavy atom. The van der Waals surface area contributed by atoms with Gasteiger partial charge in [0.2, 0.25) is 0 Å². The molecule has 0 aliphatic heterocycles. The number of esters is 3. The van der Waals surface area contributed by atoms with Gasteiger partial charge in [0.05, 0.1) is 26.4 Å². The third-order valence-corrected chi connectivity index (χ3v) is 15.9. The summed E-state index contributed by atoms with van der Waals surface area (Å²) >= 11 is 0. The average molecular weight is 1340 g/mol. The van der Waals surface area contributed by atoms with Crippen molar-refractivity contribution < 1.29 is 75.8 Å². The van der Waals surface area contributed by atoms with E-state index >= 15 is 0 Å². The van der Waals surface area contributed by atoms with Crippen LogP contribution >= 0.6 is 15.6 Å². The van der Waals surface area contributed by atoms with Gasteiger partial charge in [-0.25, -0.2) is 9.13 Å². The first kappa shape index (κ1) is 88.4. The molecular formula is C75H124O16P2. The van der Waals surface area contributed by atoms with Crippen LogP contribution in [0.5, 0.6) is 0 Å². The van der Waals surface area contributed by atoms with E-state index in [2.05, 4.69) is 154 Å². The molecule has 0 aromatic rings. The molecule has 0 radical (unpaired) electrons. The third-order valence-electron chi connectivity index (χ3n) is 14.0. The van der Waals surface area contributed by atoms with Crippen LogP contribution in [-0.2, 0) is 55.8 Å². The van der Waals surface area contributed by atoms with Crippen molar-refractivity contribution in [1.29, 1.82) is 0 Å². The van der Waals surface area contributed by atoms with Crippen LogP contribution < -0.4 is 0 Å². The quantitative estimate of drug-likeness (QED) is 0.0146. The minimum Gasteiger partial charge on any atom is -0.463 e. The van der Waals surface area contributed by atoms with Crippen LogP contribution in [0.15, 0.2) is 146 Å². The summed E-state index contributed by atoms with van der Waals surface area (Å²) in [6.07, 6.45) is 80.4. The van der Waals surface area contributed by atoms with E-state index in [0.717, 1.165) is 141 Å². The Hall–Kier alpha value is -4.57. The van der Waals surface area contributed by atoms with Crippen molar-refractivity contribution >= 4 is 33.6 Å². The van der Waals surface area contributed by atoms with Gasteiger partial charge in [-0.05, 0) is 141 Å². The maximum atomic E-state index is 12.9. The van der Waals surface area contributed by atoms with Gasteiger partial charge in [-0.2, -0.15) is 0 Å². The first-order valence-electron chi connectivity index (χ1n) is 35.1. The molecule has 0 saturated heterocycles. The van der Waals surface area contributed by atoms with E-state index in [-0.39, 0.29) is 19.3 Å². The number of ether oxygens (including phenoxy) is 3. The molecule has 5 unspecified atom stereocenters. The molecule has 93 heavy (non-hydrogen) atoms. The SMILES string of the molecule is CC/C=C\C/C=C\C/C=C\C/C=C\C/C=C\CCCC(=O)OC(COC(=O)CCCCCCCC/C=C\C/C=C\C/C=C\CCCCC)COP(=O)(O)OCC(O)COP(=O)(O)OCC(O)COC(=O)CCCCCCC/C=C\C/C=C\C/C=C\C/C=C\CCCCC. The molecule has 0 rings (SSSR count). The molecule has 0 fully saturated rings. The van der Waals surface area contributed by atoms with Gasteiger partial charge < -0.3 is 34.2 Å². The number of aliphatic hydroxyl groups excluding tert-OH is 2. The number of allylic oxidation sites excluding steroid dienone is 24. The lowest BCUT2D eigenvalue weighted by Gasteiger charge is -2.21. The number of rotatable bonds is 65. The van der Waals surface area contributed by atoms with Gasteiger partial charge in [-0.15, -0.1) is 0 Å². The number of unbranched alkanes of at least 4 members (excludes halogenated alkanes) is 18. The molecule has 0 aromatic heterocycles. The zero-order valence-corrected chi connectivity index (χ0v) is 59.2. The van der Waals surface area contributed by atoms with Gasteiger partial charge in [0, 0.05) is 19.3 Å². The fourth-order valence-electron chi connectivity index (χ4n) is 8.65. The van der Waals surface area contributed by atoms with E-state index in [4.69, 9.17) is 32.3 Å². The standard InChI is InChI=1S/C75H124O16P2/c1-4-7-10-13-16-19-22-25-28-31-33-34-36-39-40-43-46-49-52-55-58-61-73(78)85-64-70(76)65-87-92(81,82)88-66-71(77)67-89-93(83,84)90-69-72(91-75(80)63-60-57-54-51-48-45-42-37-30-27-24-21-18-15-12-9-6-3)68-86-74(79)62-59-56-53-50-47-44-41-38-35-32-29-26-23-20-17-14-11-8-5-2/h9,12,16-21,25-30,33-35,38-40,42,45,51,54,70-72,76-77H,4-8,10-11,13-15,22-24,31-32,36-37,41,43-44,46-50,52-53,55-69H2,1-3H3,(H,81,82)(H,83,84)/b12-9-,19-16-,20-17-,21-18-,28-25-,29-26-,30-27-,34-33-,38-35-,40-39-,45-42-,54-51-. The molecule has 530 valence electrons. The van der Waals surface area contributed by atoms with Crippen molar-refractivity contribution in [2.45, 2.75) is 270 Å². The maximum absolute atomic E-state index is 12.9. The van der Waals surface area contributed by atoms with Gasteiger partial charge in [0.25, 0.3) is 0 Å². The molecule has 0 amide bonds. The molecule has 0 aliphatic rings. The second-order valence-corrected chi connectivity index (χ2v) is 25.8. The Morgan fingerprint density at radius 2 is 0.581 bits per heavy atom. The fourth-order valence-corrected chi connectivity index (χ4v) is 10.2. The van der Waals surface area contributed by atoms with Crippen molar-refractivity contribution in [1.82, 2.24) is 0 Å². The van der Waals surface area contributed by atoms with Crippen molar-refractivity contribution in [3.05, 3.63) is 146 Å². The number of hydrogen-bond donors (Lipinski definition) is 4. The molecule has 5 atom stereocenters. The van der Waals surface area contributed by atoms with E-state index in [1.54, 1.807) is 0 Å². The maximum Gasteiger partial charge on any atom is 0.472 e. The lowest BCUT2D eigenvalue weighted by Crippen LogP contribution is -2.30. The second kappa shape index (κ2) is 67.4. The zero-order valence-electron chi connectivity index (χ0n) is 57.4. The summed E-state index contributed by atoms with van der Waals surface area (Å²) < 4.78 is 60.9. The number of phosphoric acid groups is 2. The lowest BCUT2D eigenvalue weighted by molar-refractivity contribution is -0.161. The Bertz CT molecular complexity index is 2280. The molecule has 0 aliphatic carbocycles. The van der Waals surface area contributed by atoms with Gasteiger partial charge in [0.1, 0.15) is 25.4 Å². The van der Waals surface area contributed by atoms with Crippen molar-refractivity contribution in [2.24, 2.45) is 0 Å². The summed E-state index contributed by atoms with van der Waals surface area (Å²) in [7, 11) is -9.82. The summed E-state index contributed by atoms with van der Waals surface area (Å²) in [5, 5.41) is 20.6. The highest BCUT2D eigenvalue weighted by Gasteiger charge is 2.29. The van der Waals surface area contributed by atoms with Crippen LogP contribution in [-0.4, -0.2) is 95.9 Å². The minimum absolute atomic E-state index is 0.0176. The van der Waals surface area contributed by atoms with E-state index in [1.807, 2.05) is 12.2 Å². The van der Waals surface area contributed by atoms with Crippen LogP contribution in [0, 0.1) is 0 Å². The van der Waals surface area contributed by atoms with Gasteiger partial charge in [-0.3, -0.25) is 32.5 Å². The van der Waals surface area contributed by atoms with Crippen LogP contribution in [0.25, 0.3) is 0 Å². The highest BCUT2D eigenvalue weighted by atomic mass is 31.2. The molecule has 0 spiro atoms. The van der Waals surface area contributed by atoms with E-state index in [9.17, 15) is 43.5 Å². The molecule has 18 heteroatoms. The summed E-state index contributed by atoms with van der Waals surface area (Å²) in [5.74, 6) is -1.69. The first-order valence-corrected chi connectivity index (χ1v) is 38.1. The largest absolute Gasteiger partial charge is 0.472 e. The fraction of sp³-hybridized carbons (Fsp3) is 0.640. The Labute approximate surface area is 562 Å². The monoisotopic (exact) mass is 1340 g/mol. The average Bonchev–Trinajstić information content (AvgIpc) is 3.48. The van der Waals surface area contributed by atoms with Gasteiger partial charge >= 0.3 is 33.6 Å². The summed E-state index contributed by atoms with van der Waals surface area (Å²) in [5.41, 5.74) is 0.